The molecule has 3 aromatic carbocycles. The summed E-state index contributed by atoms with van der Waals surface area (Å²) in [7, 11) is 0. The van der Waals surface area contributed by atoms with Gasteiger partial charge in [0.2, 0.25) is 5.78 Å². The summed E-state index contributed by atoms with van der Waals surface area (Å²) in [4.78, 5) is 28.2. The van der Waals surface area contributed by atoms with Gasteiger partial charge in [-0.15, -0.1) is 0 Å². The van der Waals surface area contributed by atoms with E-state index in [4.69, 9.17) is 9.15 Å². The third kappa shape index (κ3) is 3.26. The third-order valence-corrected chi connectivity index (χ3v) is 5.04. The van der Waals surface area contributed by atoms with Gasteiger partial charge in [0.05, 0.1) is 0 Å². The molecule has 146 valence electrons. The monoisotopic (exact) mass is 395 g/mol. The Morgan fingerprint density at radius 2 is 1.67 bits per heavy atom. The van der Waals surface area contributed by atoms with Gasteiger partial charge in [0.1, 0.15) is 11.3 Å². The van der Waals surface area contributed by atoms with Crippen molar-refractivity contribution < 1.29 is 13.9 Å². The van der Waals surface area contributed by atoms with Crippen molar-refractivity contribution in [2.24, 2.45) is 0 Å². The summed E-state index contributed by atoms with van der Waals surface area (Å²) in [5, 5.41) is 1.62. The number of para-hydroxylation sites is 1. The van der Waals surface area contributed by atoms with Gasteiger partial charge in [0.15, 0.2) is 6.10 Å². The van der Waals surface area contributed by atoms with Crippen LogP contribution in [-0.4, -0.2) is 10.8 Å². The number of aromatic nitrogens is 1. The van der Waals surface area contributed by atoms with E-state index in [9.17, 15) is 9.59 Å². The van der Waals surface area contributed by atoms with Crippen molar-refractivity contribution in [2.45, 2.75) is 6.10 Å². The van der Waals surface area contributed by atoms with Crippen molar-refractivity contribution in [1.29, 1.82) is 0 Å². The van der Waals surface area contributed by atoms with Gasteiger partial charge in [-0.25, -0.2) is 4.79 Å². The maximum Gasteiger partial charge on any atom is 0.336 e. The Bertz CT molecular complexity index is 1420. The van der Waals surface area contributed by atoms with Crippen LogP contribution < -0.4 is 10.4 Å². The number of ether oxygens (including phenoxy) is 1. The van der Waals surface area contributed by atoms with Gasteiger partial charge in [0, 0.05) is 45.7 Å². The molecule has 1 atom stereocenters. The van der Waals surface area contributed by atoms with E-state index in [1.54, 1.807) is 30.5 Å². The quantitative estimate of drug-likeness (QED) is 0.325. The second-order valence-corrected chi connectivity index (χ2v) is 6.97. The smallest absolute Gasteiger partial charge is 0.336 e. The Kier molecular flexibility index (Phi) is 4.41. The van der Waals surface area contributed by atoms with E-state index in [0.717, 1.165) is 21.9 Å². The van der Waals surface area contributed by atoms with Crippen LogP contribution in [0, 0.1) is 0 Å². The second kappa shape index (κ2) is 7.37. The molecule has 1 N–H and O–H groups in total. The Balaban J connectivity index is 1.57. The van der Waals surface area contributed by atoms with Crippen LogP contribution in [-0.2, 0) is 0 Å². The summed E-state index contributed by atoms with van der Waals surface area (Å²) >= 11 is 0. The number of ketones is 1. The normalized spacial score (nSPS) is 12.1. The molecule has 0 saturated heterocycles. The van der Waals surface area contributed by atoms with E-state index in [1.807, 2.05) is 54.6 Å². The molecule has 0 bridgehead atoms. The van der Waals surface area contributed by atoms with Crippen LogP contribution in [0.25, 0.3) is 21.9 Å². The van der Waals surface area contributed by atoms with E-state index < -0.39 is 11.7 Å². The summed E-state index contributed by atoms with van der Waals surface area (Å²) in [5.41, 5.74) is 2.16. The van der Waals surface area contributed by atoms with E-state index in [-0.39, 0.29) is 5.78 Å². The van der Waals surface area contributed by atoms with Crippen molar-refractivity contribution >= 4 is 27.7 Å². The fraction of sp³-hybridized carbons (Fsp3) is 0.0400. The van der Waals surface area contributed by atoms with E-state index in [1.165, 1.54) is 6.07 Å². The lowest BCUT2D eigenvalue weighted by molar-refractivity contribution is 0.0794. The molecule has 5 rings (SSSR count). The van der Waals surface area contributed by atoms with Crippen molar-refractivity contribution in [3.63, 3.8) is 0 Å². The Morgan fingerprint density at radius 1 is 0.900 bits per heavy atom. The highest BCUT2D eigenvalue weighted by Gasteiger charge is 2.26. The van der Waals surface area contributed by atoms with Gasteiger partial charge in [0.25, 0.3) is 0 Å². The zero-order valence-electron chi connectivity index (χ0n) is 15.9. The largest absolute Gasteiger partial charge is 0.477 e. The molecule has 0 aliphatic carbocycles. The molecule has 0 aliphatic heterocycles. The predicted molar refractivity (Wildman–Crippen MR) is 115 cm³/mol. The van der Waals surface area contributed by atoms with Crippen molar-refractivity contribution in [3.8, 4) is 5.75 Å². The second-order valence-electron chi connectivity index (χ2n) is 6.97. The molecule has 0 saturated carbocycles. The minimum atomic E-state index is -0.849. The highest BCUT2D eigenvalue weighted by atomic mass is 16.5. The van der Waals surface area contributed by atoms with Crippen LogP contribution in [0.1, 0.15) is 22.0 Å². The van der Waals surface area contributed by atoms with Gasteiger partial charge in [-0.1, -0.05) is 48.5 Å². The SMILES string of the molecule is O=C(c1c[nH]c2ccccc12)[C@@H](Oc1ccc2ccc(=O)oc2c1)c1ccccc1. The maximum absolute atomic E-state index is 13.5. The van der Waals surface area contributed by atoms with Crippen LogP contribution in [0.2, 0.25) is 0 Å². The number of benzene rings is 3. The van der Waals surface area contributed by atoms with Gasteiger partial charge in [-0.3, -0.25) is 4.79 Å². The Labute approximate surface area is 171 Å². The average Bonchev–Trinajstić information content (AvgIpc) is 3.21. The van der Waals surface area contributed by atoms with Crippen molar-refractivity contribution in [3.05, 3.63) is 113 Å². The molecular formula is C25H17NO4. The molecule has 2 heterocycles. The number of H-pyrrole nitrogens is 1. The van der Waals surface area contributed by atoms with Crippen LogP contribution in [0.5, 0.6) is 5.75 Å². The first-order chi connectivity index (χ1) is 14.7. The van der Waals surface area contributed by atoms with E-state index in [2.05, 4.69) is 4.98 Å². The van der Waals surface area contributed by atoms with Crippen LogP contribution >= 0.6 is 0 Å². The van der Waals surface area contributed by atoms with Gasteiger partial charge >= 0.3 is 5.63 Å². The number of hydrogen-bond donors (Lipinski definition) is 1. The first kappa shape index (κ1) is 17.9. The Hall–Kier alpha value is -4.12. The van der Waals surface area contributed by atoms with Crippen LogP contribution in [0.4, 0.5) is 0 Å². The minimum Gasteiger partial charge on any atom is -0.477 e. The average molecular weight is 395 g/mol. The lowest BCUT2D eigenvalue weighted by Crippen LogP contribution is -2.19. The molecular weight excluding hydrogens is 378 g/mol. The highest BCUT2D eigenvalue weighted by Crippen LogP contribution is 2.30. The number of nitrogens with one attached hydrogen (secondary N) is 1. The maximum atomic E-state index is 13.5. The number of carbonyl (C=O) groups is 1. The van der Waals surface area contributed by atoms with Gasteiger partial charge in [-0.05, 0) is 24.3 Å². The molecule has 2 aromatic heterocycles. The molecule has 0 unspecified atom stereocenters. The summed E-state index contributed by atoms with van der Waals surface area (Å²) in [6.45, 7) is 0. The molecule has 0 aliphatic rings. The molecule has 0 spiro atoms. The zero-order valence-corrected chi connectivity index (χ0v) is 15.9. The molecule has 5 nitrogen and oxygen atoms in total. The molecule has 0 amide bonds. The fourth-order valence-corrected chi connectivity index (χ4v) is 3.57. The number of rotatable bonds is 5. The predicted octanol–water partition coefficient (Wildman–Crippen LogP) is 5.28. The summed E-state index contributed by atoms with van der Waals surface area (Å²) in [6.07, 6.45) is 0.865. The minimum absolute atomic E-state index is 0.159. The number of fused-ring (bicyclic) bond motifs is 2. The van der Waals surface area contributed by atoms with Gasteiger partial charge in [-0.2, -0.15) is 0 Å². The molecule has 5 aromatic rings. The van der Waals surface area contributed by atoms with Crippen LogP contribution in [0.3, 0.4) is 0 Å². The molecule has 5 heteroatoms. The topological polar surface area (TPSA) is 72.3 Å². The molecule has 0 radical (unpaired) electrons. The van der Waals surface area contributed by atoms with E-state index >= 15 is 0 Å². The fourth-order valence-electron chi connectivity index (χ4n) is 3.57. The number of hydrogen-bond acceptors (Lipinski definition) is 4. The lowest BCUT2D eigenvalue weighted by atomic mass is 9.99. The summed E-state index contributed by atoms with van der Waals surface area (Å²) in [6, 6.07) is 25.3. The first-order valence-electron chi connectivity index (χ1n) is 9.55. The standard InChI is InChI=1S/C25H17NO4/c27-23-13-11-16-10-12-18(14-22(16)30-23)29-25(17-6-2-1-3-7-17)24(28)20-15-26-21-9-5-4-8-19(20)21/h1-15,25-26H/t25-/m0/s1. The number of Topliss-reactive ketones (excluding diaryl/α,β-unsaturated/α-hetero) is 1. The number of aromatic amines is 1. The van der Waals surface area contributed by atoms with Crippen LogP contribution in [0.15, 0.2) is 100 Å². The Morgan fingerprint density at radius 3 is 2.53 bits per heavy atom. The lowest BCUT2D eigenvalue weighted by Gasteiger charge is -2.18. The third-order valence-electron chi connectivity index (χ3n) is 5.04. The van der Waals surface area contributed by atoms with Crippen molar-refractivity contribution in [1.82, 2.24) is 4.98 Å². The molecule has 30 heavy (non-hydrogen) atoms. The zero-order chi connectivity index (χ0) is 20.5. The van der Waals surface area contributed by atoms with E-state index in [0.29, 0.717) is 16.9 Å². The van der Waals surface area contributed by atoms with Gasteiger partial charge < -0.3 is 14.1 Å². The molecule has 0 fully saturated rings. The summed E-state index contributed by atoms with van der Waals surface area (Å²) in [5.74, 6) is 0.284. The highest BCUT2D eigenvalue weighted by molar-refractivity contribution is 6.10. The van der Waals surface area contributed by atoms with Crippen molar-refractivity contribution in [2.75, 3.05) is 0 Å². The summed E-state index contributed by atoms with van der Waals surface area (Å²) < 4.78 is 11.4. The number of carbonyl (C=O) groups excluding carboxylic acids is 1. The first-order valence-corrected chi connectivity index (χ1v) is 9.55.